The van der Waals surface area contributed by atoms with Gasteiger partial charge in [0.1, 0.15) is 11.5 Å². The Morgan fingerprint density at radius 3 is 3.00 bits per heavy atom. The first kappa shape index (κ1) is 13.2. The van der Waals surface area contributed by atoms with Gasteiger partial charge in [0.15, 0.2) is 0 Å². The number of aromatic hydroxyl groups is 1. The smallest absolute Gasteiger partial charge is 0.146 e. The topological polar surface area (TPSA) is 37.3 Å². The van der Waals surface area contributed by atoms with Gasteiger partial charge in [0.25, 0.3) is 0 Å². The van der Waals surface area contributed by atoms with Gasteiger partial charge in [-0.1, -0.05) is 28.9 Å². The zero-order chi connectivity index (χ0) is 13.6. The molecule has 19 heavy (non-hydrogen) atoms. The number of alkyl halides is 1. The largest absolute Gasteiger partial charge is 0.508 e. The third-order valence-corrected chi connectivity index (χ3v) is 5.97. The first-order valence-corrected chi connectivity index (χ1v) is 7.97. The molecule has 3 heteroatoms. The van der Waals surface area contributed by atoms with E-state index in [0.29, 0.717) is 23.9 Å². The van der Waals surface area contributed by atoms with Crippen molar-refractivity contribution in [2.75, 3.05) is 0 Å². The van der Waals surface area contributed by atoms with Gasteiger partial charge in [-0.15, -0.1) is 0 Å². The number of rotatable bonds is 1. The lowest BCUT2D eigenvalue weighted by Crippen LogP contribution is -2.47. The van der Waals surface area contributed by atoms with Crippen LogP contribution in [0.2, 0.25) is 0 Å². The molecule has 2 nitrogen and oxygen atoms in total. The van der Waals surface area contributed by atoms with Crippen molar-refractivity contribution in [3.8, 4) is 5.75 Å². The van der Waals surface area contributed by atoms with Crippen LogP contribution >= 0.6 is 15.9 Å². The lowest BCUT2D eigenvalue weighted by atomic mass is 9.56. The van der Waals surface area contributed by atoms with Crippen molar-refractivity contribution in [1.29, 1.82) is 0 Å². The van der Waals surface area contributed by atoms with Crippen LogP contribution in [-0.2, 0) is 16.6 Å². The summed E-state index contributed by atoms with van der Waals surface area (Å²) >= 11 is 3.56. The standard InChI is InChI=1S/C16H19BrO2/c1-2-16-9-14(17)15(19)8-11(16)4-3-10-7-12(18)5-6-13(10)16/h5-7,11,14,18H,2-4,8-9H2,1H3/t11?,14-,16?/m0/s1. The minimum absolute atomic E-state index is 0.0107. The third-order valence-electron chi connectivity index (χ3n) is 5.14. The number of aryl methyl sites for hydroxylation is 1. The molecule has 1 fully saturated rings. The summed E-state index contributed by atoms with van der Waals surface area (Å²) in [6.45, 7) is 2.23. The summed E-state index contributed by atoms with van der Waals surface area (Å²) in [4.78, 5) is 12.0. The molecule has 3 atom stereocenters. The zero-order valence-electron chi connectivity index (χ0n) is 11.2. The van der Waals surface area contributed by atoms with Crippen molar-refractivity contribution in [3.63, 3.8) is 0 Å². The van der Waals surface area contributed by atoms with Crippen molar-refractivity contribution in [2.24, 2.45) is 5.92 Å². The molecule has 1 aromatic rings. The van der Waals surface area contributed by atoms with Crippen LogP contribution in [0.1, 0.15) is 43.7 Å². The van der Waals surface area contributed by atoms with E-state index in [9.17, 15) is 9.90 Å². The van der Waals surface area contributed by atoms with Crippen LogP contribution in [-0.4, -0.2) is 15.7 Å². The minimum Gasteiger partial charge on any atom is -0.508 e. The van der Waals surface area contributed by atoms with Crippen LogP contribution in [0.5, 0.6) is 5.75 Å². The molecule has 0 aliphatic heterocycles. The molecule has 0 bridgehead atoms. The number of halogens is 1. The predicted octanol–water partition coefficient (Wildman–Crippen LogP) is 3.73. The average molecular weight is 323 g/mol. The Balaban J connectivity index is 2.11. The molecule has 3 rings (SSSR count). The van der Waals surface area contributed by atoms with Gasteiger partial charge in [-0.2, -0.15) is 0 Å². The van der Waals surface area contributed by atoms with Gasteiger partial charge in [-0.25, -0.2) is 0 Å². The molecule has 2 aliphatic rings. The molecule has 1 saturated carbocycles. The quantitative estimate of drug-likeness (QED) is 0.800. The normalized spacial score (nSPS) is 33.7. The Bertz CT molecular complexity index is 525. The van der Waals surface area contributed by atoms with Crippen molar-refractivity contribution in [1.82, 2.24) is 0 Å². The fraction of sp³-hybridized carbons (Fsp3) is 0.562. The summed E-state index contributed by atoms with van der Waals surface area (Å²) in [5.74, 6) is 1.18. The number of carbonyl (C=O) groups excluding carboxylic acids is 1. The maximum Gasteiger partial charge on any atom is 0.146 e. The van der Waals surface area contributed by atoms with Gasteiger partial charge in [0, 0.05) is 11.8 Å². The van der Waals surface area contributed by atoms with Gasteiger partial charge in [-0.05, 0) is 54.9 Å². The van der Waals surface area contributed by atoms with E-state index in [0.717, 1.165) is 25.7 Å². The number of carbonyl (C=O) groups is 1. The van der Waals surface area contributed by atoms with E-state index in [1.54, 1.807) is 6.07 Å². The molecule has 2 unspecified atom stereocenters. The van der Waals surface area contributed by atoms with E-state index in [-0.39, 0.29) is 10.2 Å². The summed E-state index contributed by atoms with van der Waals surface area (Å²) in [6.07, 6.45) is 4.70. The summed E-state index contributed by atoms with van der Waals surface area (Å²) in [5.41, 5.74) is 2.75. The van der Waals surface area contributed by atoms with Gasteiger partial charge < -0.3 is 5.11 Å². The van der Waals surface area contributed by atoms with E-state index in [1.807, 2.05) is 6.07 Å². The summed E-state index contributed by atoms with van der Waals surface area (Å²) in [7, 11) is 0. The highest BCUT2D eigenvalue weighted by atomic mass is 79.9. The number of ketones is 1. The zero-order valence-corrected chi connectivity index (χ0v) is 12.7. The molecule has 0 spiro atoms. The average Bonchev–Trinajstić information content (AvgIpc) is 2.40. The second-order valence-corrected chi connectivity index (χ2v) is 7.03. The monoisotopic (exact) mass is 322 g/mol. The SMILES string of the molecule is CCC12C[C@H](Br)C(=O)CC1CCc1cc(O)ccc12. The Morgan fingerprint density at radius 1 is 1.47 bits per heavy atom. The molecule has 102 valence electrons. The fourth-order valence-corrected chi connectivity index (χ4v) is 4.87. The number of Topliss-reactive ketones (excluding diaryl/α,β-unsaturated/α-hetero) is 1. The highest BCUT2D eigenvalue weighted by molar-refractivity contribution is 9.10. The maximum absolute atomic E-state index is 12.0. The number of hydrogen-bond acceptors (Lipinski definition) is 2. The Kier molecular flexibility index (Phi) is 3.20. The third kappa shape index (κ3) is 1.94. The van der Waals surface area contributed by atoms with Crippen molar-refractivity contribution in [3.05, 3.63) is 29.3 Å². The van der Waals surface area contributed by atoms with Gasteiger partial charge in [0.2, 0.25) is 0 Å². The first-order valence-electron chi connectivity index (χ1n) is 7.06. The number of fused-ring (bicyclic) bond motifs is 3. The number of phenolic OH excluding ortho intramolecular Hbond substituents is 1. The van der Waals surface area contributed by atoms with E-state index < -0.39 is 0 Å². The fourth-order valence-electron chi connectivity index (χ4n) is 4.10. The molecule has 2 aliphatic carbocycles. The van der Waals surface area contributed by atoms with Crippen molar-refractivity contribution < 1.29 is 9.90 Å². The highest BCUT2D eigenvalue weighted by Gasteiger charge is 2.48. The Morgan fingerprint density at radius 2 is 2.26 bits per heavy atom. The van der Waals surface area contributed by atoms with Crippen LogP contribution in [0.3, 0.4) is 0 Å². The van der Waals surface area contributed by atoms with E-state index in [1.165, 1.54) is 11.1 Å². The molecular formula is C16H19BrO2. The first-order chi connectivity index (χ1) is 9.06. The molecule has 0 aromatic heterocycles. The minimum atomic E-state index is -0.0107. The lowest BCUT2D eigenvalue weighted by molar-refractivity contribution is -0.122. The van der Waals surface area contributed by atoms with Gasteiger partial charge in [0.05, 0.1) is 4.83 Å². The van der Waals surface area contributed by atoms with Crippen LogP contribution in [0.15, 0.2) is 18.2 Å². The summed E-state index contributed by atoms with van der Waals surface area (Å²) in [5, 5.41) is 9.67. The second-order valence-electron chi connectivity index (χ2n) is 5.93. The summed E-state index contributed by atoms with van der Waals surface area (Å²) in [6, 6.07) is 5.77. The van der Waals surface area contributed by atoms with Crippen LogP contribution < -0.4 is 0 Å². The maximum atomic E-state index is 12.0. The van der Waals surface area contributed by atoms with E-state index >= 15 is 0 Å². The number of phenols is 1. The predicted molar refractivity (Wildman–Crippen MR) is 78.8 cm³/mol. The molecule has 0 radical (unpaired) electrons. The number of hydrogen-bond donors (Lipinski definition) is 1. The Labute approximate surface area is 122 Å². The Hall–Kier alpha value is -0.830. The lowest BCUT2D eigenvalue weighted by Gasteiger charge is -2.49. The highest BCUT2D eigenvalue weighted by Crippen LogP contribution is 2.52. The number of benzene rings is 1. The summed E-state index contributed by atoms with van der Waals surface area (Å²) < 4.78 is 0. The molecule has 0 heterocycles. The van der Waals surface area contributed by atoms with Gasteiger partial charge in [-0.3, -0.25) is 4.79 Å². The van der Waals surface area contributed by atoms with Gasteiger partial charge >= 0.3 is 0 Å². The van der Waals surface area contributed by atoms with Crippen LogP contribution in [0.4, 0.5) is 0 Å². The molecule has 1 N–H and O–H groups in total. The molecule has 0 saturated heterocycles. The van der Waals surface area contributed by atoms with E-state index in [2.05, 4.69) is 28.9 Å². The van der Waals surface area contributed by atoms with Crippen LogP contribution in [0.25, 0.3) is 0 Å². The second kappa shape index (κ2) is 4.62. The van der Waals surface area contributed by atoms with E-state index in [4.69, 9.17) is 0 Å². The van der Waals surface area contributed by atoms with Crippen LogP contribution in [0, 0.1) is 5.92 Å². The molecule has 0 amide bonds. The van der Waals surface area contributed by atoms with Crippen molar-refractivity contribution in [2.45, 2.75) is 49.3 Å². The molecule has 1 aromatic carbocycles. The molecular weight excluding hydrogens is 304 g/mol. The van der Waals surface area contributed by atoms with Crippen molar-refractivity contribution >= 4 is 21.7 Å².